The minimum atomic E-state index is -0.648. The van der Waals surface area contributed by atoms with Crippen LogP contribution in [0, 0.1) is 5.82 Å². The van der Waals surface area contributed by atoms with Gasteiger partial charge in [0.2, 0.25) is 0 Å². The first-order valence-electron chi connectivity index (χ1n) is 5.36. The molecule has 1 aromatic heterocycles. The molecule has 17 heavy (non-hydrogen) atoms. The van der Waals surface area contributed by atoms with Crippen molar-refractivity contribution in [2.75, 3.05) is 20.1 Å². The van der Waals surface area contributed by atoms with Crippen LogP contribution in [0.1, 0.15) is 10.4 Å². The number of β-amino-alcohol motifs (C(OH)–C–C–N with tert-alkyl or cyclic N) is 1. The number of nitrogens with one attached hydrogen (secondary N) is 1. The topological polar surface area (TPSA) is 65.5 Å². The molecule has 92 valence electrons. The fraction of sp³-hybridized carbons (Fsp3) is 0.455. The van der Waals surface area contributed by atoms with E-state index >= 15 is 0 Å². The smallest absolute Gasteiger partial charge is 0.257 e. The number of pyridine rings is 1. The second-order valence-electron chi connectivity index (χ2n) is 4.06. The fourth-order valence-electron chi connectivity index (χ4n) is 1.94. The summed E-state index contributed by atoms with van der Waals surface area (Å²) in [5.41, 5.74) is -0.0263. The van der Waals surface area contributed by atoms with Gasteiger partial charge in [-0.25, -0.2) is 4.39 Å². The number of likely N-dealkylation sites (N-methyl/N-ethyl adjacent to an activating group) is 1. The van der Waals surface area contributed by atoms with Crippen molar-refractivity contribution in [3.8, 4) is 0 Å². The summed E-state index contributed by atoms with van der Waals surface area (Å²) in [5, 5.41) is 12.6. The van der Waals surface area contributed by atoms with Gasteiger partial charge in [-0.15, -0.1) is 0 Å². The zero-order valence-corrected chi connectivity index (χ0v) is 9.43. The van der Waals surface area contributed by atoms with Crippen LogP contribution in [0.5, 0.6) is 0 Å². The molecule has 1 fully saturated rings. The Balaban J connectivity index is 2.17. The second kappa shape index (κ2) is 4.77. The molecule has 2 atom stereocenters. The van der Waals surface area contributed by atoms with Gasteiger partial charge in [-0.1, -0.05) is 0 Å². The van der Waals surface area contributed by atoms with Crippen LogP contribution in [0.2, 0.25) is 0 Å². The molecule has 1 saturated heterocycles. The molecule has 0 radical (unpaired) electrons. The SMILES string of the molecule is CN(C(=O)c1ccncc1F)[C@@H]1CNC[C@H]1O. The molecule has 1 amide bonds. The second-order valence-corrected chi connectivity index (χ2v) is 4.06. The van der Waals surface area contributed by atoms with Crippen molar-refractivity contribution in [3.63, 3.8) is 0 Å². The molecule has 0 spiro atoms. The number of aliphatic hydroxyl groups is 1. The highest BCUT2D eigenvalue weighted by Gasteiger charge is 2.32. The summed E-state index contributed by atoms with van der Waals surface area (Å²) in [6.45, 7) is 0.956. The molecule has 0 bridgehead atoms. The van der Waals surface area contributed by atoms with Crippen molar-refractivity contribution in [2.45, 2.75) is 12.1 Å². The summed E-state index contributed by atoms with van der Waals surface area (Å²) in [7, 11) is 1.56. The fourth-order valence-corrected chi connectivity index (χ4v) is 1.94. The van der Waals surface area contributed by atoms with E-state index in [0.29, 0.717) is 13.1 Å². The average Bonchev–Trinajstić information content (AvgIpc) is 2.74. The molecule has 0 unspecified atom stereocenters. The first kappa shape index (κ1) is 11.9. The summed E-state index contributed by atoms with van der Waals surface area (Å²) in [5.74, 6) is -1.09. The van der Waals surface area contributed by atoms with Crippen molar-refractivity contribution in [1.29, 1.82) is 0 Å². The van der Waals surface area contributed by atoms with E-state index in [1.807, 2.05) is 0 Å². The van der Waals surface area contributed by atoms with Gasteiger partial charge in [0.1, 0.15) is 0 Å². The van der Waals surface area contributed by atoms with Gasteiger partial charge in [0, 0.05) is 26.3 Å². The van der Waals surface area contributed by atoms with Crippen molar-refractivity contribution < 1.29 is 14.3 Å². The van der Waals surface area contributed by atoms with Gasteiger partial charge in [0.15, 0.2) is 5.82 Å². The summed E-state index contributed by atoms with van der Waals surface area (Å²) in [6, 6.07) is 1.01. The van der Waals surface area contributed by atoms with Crippen molar-refractivity contribution in [1.82, 2.24) is 15.2 Å². The maximum Gasteiger partial charge on any atom is 0.257 e. The lowest BCUT2D eigenvalue weighted by atomic mass is 10.1. The standard InChI is InChI=1S/C11H14FN3O2/c1-15(9-5-14-6-10(9)16)11(17)7-2-3-13-4-8(7)12/h2-4,9-10,14,16H,5-6H2,1H3/t9-,10-/m1/s1. The lowest BCUT2D eigenvalue weighted by Crippen LogP contribution is -2.44. The normalized spacial score (nSPS) is 23.7. The quantitative estimate of drug-likeness (QED) is 0.738. The van der Waals surface area contributed by atoms with Crippen LogP contribution < -0.4 is 5.32 Å². The minimum absolute atomic E-state index is 0.0263. The van der Waals surface area contributed by atoms with Gasteiger partial charge in [-0.3, -0.25) is 9.78 Å². The number of carbonyl (C=O) groups is 1. The molecular weight excluding hydrogens is 225 g/mol. The molecule has 0 aliphatic carbocycles. The number of hydrogen-bond donors (Lipinski definition) is 2. The summed E-state index contributed by atoms with van der Waals surface area (Å²) in [6.07, 6.45) is 1.76. The Hall–Kier alpha value is -1.53. The minimum Gasteiger partial charge on any atom is -0.390 e. The van der Waals surface area contributed by atoms with E-state index in [0.717, 1.165) is 6.20 Å². The zero-order valence-electron chi connectivity index (χ0n) is 9.43. The Kier molecular flexibility index (Phi) is 3.35. The van der Waals surface area contributed by atoms with Crippen LogP contribution in [0.3, 0.4) is 0 Å². The molecule has 2 rings (SSSR count). The first-order valence-corrected chi connectivity index (χ1v) is 5.36. The third-order valence-electron chi connectivity index (χ3n) is 2.97. The average molecular weight is 239 g/mol. The number of rotatable bonds is 2. The van der Waals surface area contributed by atoms with E-state index in [9.17, 15) is 14.3 Å². The highest BCUT2D eigenvalue weighted by Crippen LogP contribution is 2.13. The number of hydrogen-bond acceptors (Lipinski definition) is 4. The zero-order chi connectivity index (χ0) is 12.4. The highest BCUT2D eigenvalue weighted by atomic mass is 19.1. The van der Waals surface area contributed by atoms with E-state index < -0.39 is 17.8 Å². The molecule has 5 nitrogen and oxygen atoms in total. The van der Waals surface area contributed by atoms with E-state index in [1.54, 1.807) is 7.05 Å². The monoisotopic (exact) mass is 239 g/mol. The Morgan fingerprint density at radius 3 is 3.00 bits per heavy atom. The summed E-state index contributed by atoms with van der Waals surface area (Å²) >= 11 is 0. The van der Waals surface area contributed by atoms with Crippen LogP contribution in [0.25, 0.3) is 0 Å². The van der Waals surface area contributed by atoms with Crippen LogP contribution >= 0.6 is 0 Å². The molecule has 1 aromatic rings. The molecule has 0 saturated carbocycles. The van der Waals surface area contributed by atoms with Gasteiger partial charge in [0.25, 0.3) is 5.91 Å². The van der Waals surface area contributed by atoms with Gasteiger partial charge < -0.3 is 15.3 Å². The Morgan fingerprint density at radius 2 is 2.41 bits per heavy atom. The molecule has 1 aliphatic heterocycles. The van der Waals surface area contributed by atoms with Crippen LogP contribution in [-0.2, 0) is 0 Å². The van der Waals surface area contributed by atoms with Crippen LogP contribution in [0.15, 0.2) is 18.5 Å². The Labute approximate surface area is 98.3 Å². The van der Waals surface area contributed by atoms with Gasteiger partial charge in [-0.2, -0.15) is 0 Å². The number of nitrogens with zero attached hydrogens (tertiary/aromatic N) is 2. The molecule has 6 heteroatoms. The lowest BCUT2D eigenvalue weighted by molar-refractivity contribution is 0.0576. The molecule has 0 aromatic carbocycles. The van der Waals surface area contributed by atoms with E-state index in [-0.39, 0.29) is 11.6 Å². The number of amides is 1. The summed E-state index contributed by atoms with van der Waals surface area (Å²) in [4.78, 5) is 17.0. The number of carbonyl (C=O) groups excluding carboxylic acids is 1. The first-order chi connectivity index (χ1) is 8.11. The van der Waals surface area contributed by atoms with Crippen LogP contribution in [-0.4, -0.2) is 53.2 Å². The molecule has 1 aliphatic rings. The lowest BCUT2D eigenvalue weighted by Gasteiger charge is -2.26. The largest absolute Gasteiger partial charge is 0.390 e. The Bertz CT molecular complexity index is 427. The predicted molar refractivity (Wildman–Crippen MR) is 59.0 cm³/mol. The highest BCUT2D eigenvalue weighted by molar-refractivity contribution is 5.94. The van der Waals surface area contributed by atoms with Crippen molar-refractivity contribution in [2.24, 2.45) is 0 Å². The predicted octanol–water partition coefficient (Wildman–Crippen LogP) is -0.375. The number of aromatic nitrogens is 1. The maximum atomic E-state index is 13.4. The van der Waals surface area contributed by atoms with Gasteiger partial charge in [-0.05, 0) is 6.07 Å². The molecule has 2 heterocycles. The Morgan fingerprint density at radius 1 is 1.65 bits per heavy atom. The summed E-state index contributed by atoms with van der Waals surface area (Å²) < 4.78 is 13.4. The third-order valence-corrected chi connectivity index (χ3v) is 2.97. The van der Waals surface area contributed by atoms with Crippen molar-refractivity contribution in [3.05, 3.63) is 29.8 Å². The molecule has 2 N–H and O–H groups in total. The van der Waals surface area contributed by atoms with Gasteiger partial charge >= 0.3 is 0 Å². The van der Waals surface area contributed by atoms with Gasteiger partial charge in [0.05, 0.1) is 23.9 Å². The maximum absolute atomic E-state index is 13.4. The van der Waals surface area contributed by atoms with Crippen LogP contribution in [0.4, 0.5) is 4.39 Å². The van der Waals surface area contributed by atoms with E-state index in [1.165, 1.54) is 17.2 Å². The van der Waals surface area contributed by atoms with E-state index in [2.05, 4.69) is 10.3 Å². The molecular formula is C11H14FN3O2. The number of aliphatic hydroxyl groups excluding tert-OH is 1. The van der Waals surface area contributed by atoms with E-state index in [4.69, 9.17) is 0 Å². The van der Waals surface area contributed by atoms with Crippen molar-refractivity contribution >= 4 is 5.91 Å². The third kappa shape index (κ3) is 2.27. The number of halogens is 1.